The Morgan fingerprint density at radius 1 is 0.509 bits per heavy atom. The Morgan fingerprint density at radius 2 is 0.964 bits per heavy atom. The molecule has 0 aromatic heterocycles. The number of aliphatic carboxylic acids is 2. The highest BCUT2D eigenvalue weighted by atomic mass is 16.7. The summed E-state index contributed by atoms with van der Waals surface area (Å²) in [5.74, 6) is -3.44. The van der Waals surface area contributed by atoms with Crippen molar-refractivity contribution in [1.82, 2.24) is 4.90 Å². The van der Waals surface area contributed by atoms with Gasteiger partial charge in [-0.05, 0) is 70.4 Å². The van der Waals surface area contributed by atoms with Gasteiger partial charge in [-0.25, -0.2) is 4.79 Å². The highest BCUT2D eigenvalue weighted by molar-refractivity contribution is 5.71. The molecule has 0 radical (unpaired) electrons. The van der Waals surface area contributed by atoms with Gasteiger partial charge in [0.05, 0.1) is 25.0 Å². The number of ether oxygens (including phenoxy) is 3. The third kappa shape index (κ3) is 31.4. The number of unbranched alkanes of at least 4 members (excludes halogenated alkanes) is 15. The lowest BCUT2D eigenvalue weighted by Crippen LogP contribution is -2.26. The number of carbonyl (C=O) groups excluding carboxylic acids is 2. The van der Waals surface area contributed by atoms with E-state index in [1.807, 2.05) is 0 Å². The summed E-state index contributed by atoms with van der Waals surface area (Å²) >= 11 is 0. The first-order valence-electron chi connectivity index (χ1n) is 22.8. The zero-order valence-corrected chi connectivity index (χ0v) is 36.1. The molecule has 0 heterocycles. The molecule has 0 spiro atoms. The molecule has 55 heavy (non-hydrogen) atoms. The van der Waals surface area contributed by atoms with E-state index in [1.165, 1.54) is 44.9 Å². The molecule has 0 saturated heterocycles. The van der Waals surface area contributed by atoms with Gasteiger partial charge >= 0.3 is 24.1 Å². The van der Waals surface area contributed by atoms with E-state index in [0.717, 1.165) is 96.7 Å². The van der Waals surface area contributed by atoms with Crippen LogP contribution in [0, 0.1) is 17.8 Å². The summed E-state index contributed by atoms with van der Waals surface area (Å²) in [6.07, 6.45) is 22.9. The van der Waals surface area contributed by atoms with Crippen molar-refractivity contribution in [2.75, 3.05) is 32.8 Å². The first kappa shape index (κ1) is 52.6. The maximum atomic E-state index is 13.0. The average molecular weight is 784 g/mol. The van der Waals surface area contributed by atoms with E-state index in [9.17, 15) is 29.4 Å². The van der Waals surface area contributed by atoms with Crippen LogP contribution < -0.4 is 0 Å². The number of carbonyl (C=O) groups is 4. The van der Waals surface area contributed by atoms with Crippen LogP contribution in [-0.2, 0) is 28.6 Å². The molecule has 0 rings (SSSR count). The van der Waals surface area contributed by atoms with E-state index >= 15 is 0 Å². The van der Waals surface area contributed by atoms with Gasteiger partial charge in [0.2, 0.25) is 0 Å². The molecule has 2 N–H and O–H groups in total. The zero-order chi connectivity index (χ0) is 40.9. The average Bonchev–Trinajstić information content (AvgIpc) is 3.16. The smallest absolute Gasteiger partial charge is 0.481 e. The predicted molar refractivity (Wildman–Crippen MR) is 222 cm³/mol. The van der Waals surface area contributed by atoms with Gasteiger partial charge in [0.15, 0.2) is 0 Å². The fourth-order valence-corrected chi connectivity index (χ4v) is 7.43. The van der Waals surface area contributed by atoms with Crippen LogP contribution in [0.15, 0.2) is 0 Å². The maximum Gasteiger partial charge on any atom is 0.508 e. The summed E-state index contributed by atoms with van der Waals surface area (Å²) < 4.78 is 16.8. The van der Waals surface area contributed by atoms with Crippen molar-refractivity contribution in [3.8, 4) is 0 Å². The van der Waals surface area contributed by atoms with Crippen molar-refractivity contribution >= 4 is 24.1 Å². The first-order valence-corrected chi connectivity index (χ1v) is 22.8. The molecular weight excluding hydrogens is 698 g/mol. The topological polar surface area (TPSA) is 140 Å². The number of esters is 1. The van der Waals surface area contributed by atoms with Gasteiger partial charge in [-0.2, -0.15) is 0 Å². The Morgan fingerprint density at radius 3 is 1.44 bits per heavy atom. The van der Waals surface area contributed by atoms with Gasteiger partial charge in [-0.15, -0.1) is 0 Å². The second-order valence-electron chi connectivity index (χ2n) is 15.8. The lowest BCUT2D eigenvalue weighted by atomic mass is 9.81. The van der Waals surface area contributed by atoms with E-state index in [4.69, 9.17) is 14.2 Å². The summed E-state index contributed by atoms with van der Waals surface area (Å²) in [5.41, 5.74) is 0. The zero-order valence-electron chi connectivity index (χ0n) is 36.1. The second-order valence-corrected chi connectivity index (χ2v) is 15.8. The summed E-state index contributed by atoms with van der Waals surface area (Å²) in [5, 5.41) is 20.1. The van der Waals surface area contributed by atoms with Crippen LogP contribution in [-0.4, -0.2) is 78.1 Å². The fourth-order valence-electron chi connectivity index (χ4n) is 7.43. The van der Waals surface area contributed by atoms with E-state index < -0.39 is 42.0 Å². The van der Waals surface area contributed by atoms with Crippen LogP contribution in [0.5, 0.6) is 0 Å². The molecule has 10 heteroatoms. The Hall–Kier alpha value is -2.36. The highest BCUT2D eigenvalue weighted by Crippen LogP contribution is 2.30. The van der Waals surface area contributed by atoms with Crippen LogP contribution in [0.1, 0.15) is 208 Å². The lowest BCUT2D eigenvalue weighted by Gasteiger charge is -2.24. The van der Waals surface area contributed by atoms with Gasteiger partial charge in [-0.1, -0.05) is 144 Å². The minimum atomic E-state index is -0.852. The monoisotopic (exact) mass is 784 g/mol. The van der Waals surface area contributed by atoms with Crippen LogP contribution >= 0.6 is 0 Å². The molecule has 0 aliphatic heterocycles. The van der Waals surface area contributed by atoms with Crippen LogP contribution in [0.4, 0.5) is 4.79 Å². The molecule has 3 unspecified atom stereocenters. The quantitative estimate of drug-likeness (QED) is 0.0456. The number of nitrogens with zero attached hydrogens (tertiary/aromatic N) is 1. The van der Waals surface area contributed by atoms with Gasteiger partial charge in [-0.3, -0.25) is 14.4 Å². The molecule has 10 nitrogen and oxygen atoms in total. The van der Waals surface area contributed by atoms with E-state index in [-0.39, 0.29) is 18.9 Å². The van der Waals surface area contributed by atoms with E-state index in [2.05, 4.69) is 39.5 Å². The molecular formula is C45H85NO9. The molecule has 0 aromatic carbocycles. The second kappa shape index (κ2) is 37.2. The van der Waals surface area contributed by atoms with Crippen molar-refractivity contribution in [3.63, 3.8) is 0 Å². The molecule has 0 amide bonds. The summed E-state index contributed by atoms with van der Waals surface area (Å²) in [4.78, 5) is 52.4. The van der Waals surface area contributed by atoms with Gasteiger partial charge in [0.1, 0.15) is 6.10 Å². The Kier molecular flexibility index (Phi) is 35.6. The summed E-state index contributed by atoms with van der Waals surface area (Å²) in [6.45, 7) is 13.8. The van der Waals surface area contributed by atoms with Crippen molar-refractivity contribution in [3.05, 3.63) is 0 Å². The van der Waals surface area contributed by atoms with E-state index in [0.29, 0.717) is 51.6 Å². The number of carboxylic acid groups (broad SMARTS) is 2. The highest BCUT2D eigenvalue weighted by Gasteiger charge is 2.28. The third-order valence-electron chi connectivity index (χ3n) is 11.1. The number of hydrogen-bond donors (Lipinski definition) is 2. The minimum absolute atomic E-state index is 0.0908. The molecule has 324 valence electrons. The van der Waals surface area contributed by atoms with E-state index in [1.54, 1.807) is 0 Å². The Bertz CT molecular complexity index is 909. The SMILES string of the molecule is CCCCCCCCCCCCC(CCOC(=O)CCC(CC(CCCCCC)C(=O)O)CC(CCCCCC)C(=O)O)OC(=O)OCCCN(CC)CC. The largest absolute Gasteiger partial charge is 0.508 e. The molecule has 0 aromatic rings. The van der Waals surface area contributed by atoms with Crippen molar-refractivity contribution in [2.24, 2.45) is 17.8 Å². The first-order chi connectivity index (χ1) is 26.6. The summed E-state index contributed by atoms with van der Waals surface area (Å²) in [7, 11) is 0. The molecule has 0 aliphatic rings. The van der Waals surface area contributed by atoms with Crippen molar-refractivity contribution < 1.29 is 43.6 Å². The maximum absolute atomic E-state index is 13.0. The van der Waals surface area contributed by atoms with Gasteiger partial charge in [0, 0.05) is 19.4 Å². The Balaban J connectivity index is 5.26. The molecule has 0 saturated carbocycles. The van der Waals surface area contributed by atoms with Crippen molar-refractivity contribution in [2.45, 2.75) is 214 Å². The molecule has 3 atom stereocenters. The van der Waals surface area contributed by atoms with Crippen LogP contribution in [0.2, 0.25) is 0 Å². The predicted octanol–water partition coefficient (Wildman–Crippen LogP) is 12.0. The van der Waals surface area contributed by atoms with Gasteiger partial charge in [0.25, 0.3) is 0 Å². The summed E-state index contributed by atoms with van der Waals surface area (Å²) in [6, 6.07) is 0. The Labute approximate surface area is 336 Å². The fraction of sp³-hybridized carbons (Fsp3) is 0.911. The number of hydrogen-bond acceptors (Lipinski definition) is 8. The molecule has 0 bridgehead atoms. The number of rotatable bonds is 40. The normalized spacial score (nSPS) is 13.6. The minimum Gasteiger partial charge on any atom is -0.481 e. The number of carboxylic acids is 2. The van der Waals surface area contributed by atoms with Crippen LogP contribution in [0.3, 0.4) is 0 Å². The molecule has 0 aliphatic carbocycles. The van der Waals surface area contributed by atoms with Crippen molar-refractivity contribution in [1.29, 1.82) is 0 Å². The standard InChI is InChI=1S/C45H85NO9/c1-6-11-14-17-18-19-20-21-22-25-29-41(55-45(52)54-34-26-33-46(9-4)10-5)32-35-53-42(47)31-30-38(36-39(43(48)49)27-23-15-12-7-2)37-40(44(50)51)28-24-16-13-8-3/h38-41H,6-37H2,1-5H3,(H,48,49)(H,50,51). The molecule has 0 fully saturated rings. The van der Waals surface area contributed by atoms with Gasteiger partial charge < -0.3 is 29.3 Å². The third-order valence-corrected chi connectivity index (χ3v) is 11.1. The lowest BCUT2D eigenvalue weighted by molar-refractivity contribution is -0.144. The van der Waals surface area contributed by atoms with Crippen LogP contribution in [0.25, 0.3) is 0 Å².